The van der Waals surface area contributed by atoms with Gasteiger partial charge in [-0.2, -0.15) is 0 Å². The number of benzene rings is 2. The predicted octanol–water partition coefficient (Wildman–Crippen LogP) is 3.13. The van der Waals surface area contributed by atoms with Gasteiger partial charge in [0.1, 0.15) is 11.6 Å². The normalized spacial score (nSPS) is 11.8. The maximum Gasteiger partial charge on any atom is 0.337 e. The number of carbonyl (C=O) groups is 2. The van der Waals surface area contributed by atoms with Crippen LogP contribution in [0.25, 0.3) is 0 Å². The second kappa shape index (κ2) is 8.70. The fourth-order valence-electron chi connectivity index (χ4n) is 1.88. The van der Waals surface area contributed by atoms with Gasteiger partial charge in [-0.3, -0.25) is 4.79 Å². The molecule has 0 saturated carbocycles. The molecule has 1 unspecified atom stereocenters. The zero-order chi connectivity index (χ0) is 19.1. The number of carbonyl (C=O) groups excluding carboxylic acids is 2. The van der Waals surface area contributed by atoms with Crippen molar-refractivity contribution in [3.8, 4) is 0 Å². The fraction of sp³-hybridized carbons (Fsp3) is 0.167. The molecular formula is C18H16F2N2O4. The molecule has 2 rings (SSSR count). The average Bonchev–Trinajstić information content (AvgIpc) is 2.63. The lowest BCUT2D eigenvalue weighted by Gasteiger charge is -2.11. The van der Waals surface area contributed by atoms with Crippen molar-refractivity contribution in [2.24, 2.45) is 5.16 Å². The van der Waals surface area contributed by atoms with Crippen LogP contribution in [0, 0.1) is 11.6 Å². The van der Waals surface area contributed by atoms with Gasteiger partial charge in [0.25, 0.3) is 5.91 Å². The summed E-state index contributed by atoms with van der Waals surface area (Å²) in [7, 11) is 1.29. The van der Waals surface area contributed by atoms with E-state index in [4.69, 9.17) is 4.84 Å². The molecule has 1 N–H and O–H groups in total. The van der Waals surface area contributed by atoms with E-state index in [1.807, 2.05) is 0 Å². The molecule has 2 aromatic carbocycles. The molecule has 136 valence electrons. The van der Waals surface area contributed by atoms with Gasteiger partial charge < -0.3 is 14.9 Å². The first kappa shape index (κ1) is 19.0. The number of anilines is 1. The van der Waals surface area contributed by atoms with Crippen molar-refractivity contribution in [2.75, 3.05) is 12.4 Å². The molecule has 0 aliphatic carbocycles. The molecule has 26 heavy (non-hydrogen) atoms. The third-order valence-corrected chi connectivity index (χ3v) is 3.31. The van der Waals surface area contributed by atoms with E-state index in [1.165, 1.54) is 20.2 Å². The second-order valence-corrected chi connectivity index (χ2v) is 5.21. The number of esters is 1. The highest BCUT2D eigenvalue weighted by molar-refractivity contribution is 5.94. The molecule has 0 radical (unpaired) electrons. The molecule has 1 amide bonds. The van der Waals surface area contributed by atoms with Crippen LogP contribution in [0.1, 0.15) is 22.8 Å². The van der Waals surface area contributed by atoms with Crippen molar-refractivity contribution in [3.05, 3.63) is 65.2 Å². The monoisotopic (exact) mass is 362 g/mol. The molecule has 0 aliphatic rings. The molecule has 8 heteroatoms. The van der Waals surface area contributed by atoms with Gasteiger partial charge in [-0.05, 0) is 36.8 Å². The van der Waals surface area contributed by atoms with E-state index in [0.717, 1.165) is 12.1 Å². The number of amides is 1. The summed E-state index contributed by atoms with van der Waals surface area (Å²) in [6, 6.07) is 9.16. The largest absolute Gasteiger partial charge is 0.465 e. The first-order valence-corrected chi connectivity index (χ1v) is 7.54. The van der Waals surface area contributed by atoms with E-state index in [0.29, 0.717) is 17.2 Å². The van der Waals surface area contributed by atoms with Crippen molar-refractivity contribution in [1.82, 2.24) is 0 Å². The first-order chi connectivity index (χ1) is 12.4. The summed E-state index contributed by atoms with van der Waals surface area (Å²) in [4.78, 5) is 28.3. The minimum atomic E-state index is -1.01. The molecular weight excluding hydrogens is 346 g/mol. The molecule has 2 aromatic rings. The summed E-state index contributed by atoms with van der Waals surface area (Å²) in [5.74, 6) is -2.73. The summed E-state index contributed by atoms with van der Waals surface area (Å²) in [6.07, 6.45) is 0.341. The maximum atomic E-state index is 13.5. The van der Waals surface area contributed by atoms with Crippen LogP contribution in [-0.2, 0) is 14.4 Å². The molecule has 0 aliphatic heterocycles. The number of rotatable bonds is 6. The Labute approximate surface area is 148 Å². The van der Waals surface area contributed by atoms with Crippen molar-refractivity contribution in [3.63, 3.8) is 0 Å². The lowest BCUT2D eigenvalue weighted by atomic mass is 10.1. The quantitative estimate of drug-likeness (QED) is 0.487. The average molecular weight is 362 g/mol. The lowest BCUT2D eigenvalue weighted by molar-refractivity contribution is -0.126. The Morgan fingerprint density at radius 3 is 2.46 bits per heavy atom. The van der Waals surface area contributed by atoms with Crippen molar-refractivity contribution in [2.45, 2.75) is 13.0 Å². The molecule has 0 bridgehead atoms. The van der Waals surface area contributed by atoms with Crippen LogP contribution in [0.3, 0.4) is 0 Å². The highest BCUT2D eigenvalue weighted by Gasteiger charge is 2.16. The van der Waals surface area contributed by atoms with Crippen LogP contribution in [0.5, 0.6) is 0 Å². The molecule has 0 fully saturated rings. The molecule has 0 spiro atoms. The van der Waals surface area contributed by atoms with Crippen LogP contribution in [-0.4, -0.2) is 31.3 Å². The van der Waals surface area contributed by atoms with E-state index in [9.17, 15) is 18.4 Å². The van der Waals surface area contributed by atoms with Crippen LogP contribution in [0.15, 0.2) is 47.6 Å². The van der Waals surface area contributed by atoms with E-state index in [-0.39, 0.29) is 5.69 Å². The van der Waals surface area contributed by atoms with Crippen LogP contribution in [0.4, 0.5) is 14.5 Å². The Balaban J connectivity index is 1.90. The Bertz CT molecular complexity index is 822. The van der Waals surface area contributed by atoms with Gasteiger partial charge in [0, 0.05) is 6.07 Å². The minimum Gasteiger partial charge on any atom is -0.465 e. The van der Waals surface area contributed by atoms with Gasteiger partial charge >= 0.3 is 5.97 Å². The molecule has 0 heterocycles. The number of hydrogen-bond donors (Lipinski definition) is 1. The number of methoxy groups -OCH3 is 1. The molecule has 0 saturated heterocycles. The van der Waals surface area contributed by atoms with Gasteiger partial charge in [0.15, 0.2) is 0 Å². The predicted molar refractivity (Wildman–Crippen MR) is 90.9 cm³/mol. The van der Waals surface area contributed by atoms with E-state index in [2.05, 4.69) is 15.2 Å². The molecule has 0 aromatic heterocycles. The third-order valence-electron chi connectivity index (χ3n) is 3.31. The van der Waals surface area contributed by atoms with E-state index < -0.39 is 29.6 Å². The van der Waals surface area contributed by atoms with Gasteiger partial charge in [-0.15, -0.1) is 0 Å². The van der Waals surface area contributed by atoms with Gasteiger partial charge in [-0.25, -0.2) is 13.6 Å². The zero-order valence-corrected chi connectivity index (χ0v) is 14.0. The maximum absolute atomic E-state index is 13.5. The topological polar surface area (TPSA) is 77.0 Å². The van der Waals surface area contributed by atoms with Gasteiger partial charge in [0.05, 0.1) is 24.6 Å². The Kier molecular flexibility index (Phi) is 6.37. The number of nitrogens with zero attached hydrogens (tertiary/aromatic N) is 1. The number of nitrogens with one attached hydrogen (secondary N) is 1. The number of ether oxygens (including phenoxy) is 1. The summed E-state index contributed by atoms with van der Waals surface area (Å²) in [6.45, 7) is 1.43. The number of oxime groups is 1. The summed E-state index contributed by atoms with van der Waals surface area (Å²) >= 11 is 0. The summed E-state index contributed by atoms with van der Waals surface area (Å²) < 4.78 is 30.9. The van der Waals surface area contributed by atoms with E-state index >= 15 is 0 Å². The van der Waals surface area contributed by atoms with Crippen molar-refractivity contribution < 1.29 is 27.9 Å². The van der Waals surface area contributed by atoms with Crippen molar-refractivity contribution >= 4 is 23.8 Å². The summed E-state index contributed by atoms with van der Waals surface area (Å²) in [5, 5.41) is 5.96. The Morgan fingerprint density at radius 1 is 1.15 bits per heavy atom. The highest BCUT2D eigenvalue weighted by Crippen LogP contribution is 2.15. The van der Waals surface area contributed by atoms with Gasteiger partial charge in [-0.1, -0.05) is 17.3 Å². The van der Waals surface area contributed by atoms with E-state index in [1.54, 1.807) is 24.3 Å². The highest BCUT2D eigenvalue weighted by atomic mass is 19.1. The number of hydrogen-bond acceptors (Lipinski definition) is 5. The zero-order valence-electron chi connectivity index (χ0n) is 14.0. The molecule has 1 atom stereocenters. The van der Waals surface area contributed by atoms with Gasteiger partial charge in [0.2, 0.25) is 6.10 Å². The summed E-state index contributed by atoms with van der Waals surface area (Å²) in [5.41, 5.74) is 0.865. The Morgan fingerprint density at radius 2 is 1.85 bits per heavy atom. The standard InChI is InChI=1S/C18H16F2N2O4/c1-11(17(23)22-16-8-7-14(19)9-15(16)20)26-21-10-12-3-5-13(6-4-12)18(24)25-2/h3-11H,1-2H3,(H,22,23)/b21-10+. The SMILES string of the molecule is COC(=O)c1ccc(/C=N/OC(C)C(=O)Nc2ccc(F)cc2F)cc1. The molecule has 6 nitrogen and oxygen atoms in total. The number of halogens is 2. The third kappa shape index (κ3) is 5.10. The minimum absolute atomic E-state index is 0.158. The Hall–Kier alpha value is -3.29. The fourth-order valence-corrected chi connectivity index (χ4v) is 1.88. The van der Waals surface area contributed by atoms with Crippen molar-refractivity contribution in [1.29, 1.82) is 0 Å². The van der Waals surface area contributed by atoms with Crippen LogP contribution >= 0.6 is 0 Å². The smallest absolute Gasteiger partial charge is 0.337 e. The van der Waals surface area contributed by atoms with Crippen LogP contribution < -0.4 is 5.32 Å². The lowest BCUT2D eigenvalue weighted by Crippen LogP contribution is -2.26. The first-order valence-electron chi connectivity index (χ1n) is 7.54. The van der Waals surface area contributed by atoms with Crippen LogP contribution in [0.2, 0.25) is 0 Å². The second-order valence-electron chi connectivity index (χ2n) is 5.21.